The monoisotopic (exact) mass is 416 g/mol. The average Bonchev–Trinajstić information content (AvgIpc) is 2.62. The number of benzene rings is 2. The van der Waals surface area contributed by atoms with Crippen LogP contribution in [0.25, 0.3) is 0 Å². The summed E-state index contributed by atoms with van der Waals surface area (Å²) in [6.45, 7) is 1.48. The average molecular weight is 417 g/mol. The molecule has 3 rings (SSSR count). The second-order valence-corrected chi connectivity index (χ2v) is 8.89. The molecule has 154 valence electrons. The molecule has 5 N–H and O–H groups in total. The first-order valence-corrected chi connectivity index (χ1v) is 10.8. The number of nitrogens with two attached hydrogens (primary N) is 1. The molecule has 2 aromatic carbocycles. The predicted molar refractivity (Wildman–Crippen MR) is 112 cm³/mol. The Morgan fingerprint density at radius 3 is 2.41 bits per heavy atom. The molecule has 0 bridgehead atoms. The van der Waals surface area contributed by atoms with Crippen molar-refractivity contribution in [2.24, 2.45) is 5.92 Å². The van der Waals surface area contributed by atoms with Gasteiger partial charge in [0.25, 0.3) is 10.0 Å². The third-order valence-corrected chi connectivity index (χ3v) is 6.15. The minimum absolute atomic E-state index is 0.0614. The molecule has 1 aliphatic carbocycles. The zero-order chi connectivity index (χ0) is 21.0. The van der Waals surface area contributed by atoms with Crippen LogP contribution >= 0.6 is 0 Å². The Labute approximate surface area is 169 Å². The number of sulfonamides is 1. The van der Waals surface area contributed by atoms with E-state index in [4.69, 9.17) is 5.73 Å². The number of hydrogen-bond acceptors (Lipinski definition) is 5. The molecule has 0 aliphatic heterocycles. The molecule has 29 heavy (non-hydrogen) atoms. The van der Waals surface area contributed by atoms with Crippen LogP contribution in [0, 0.1) is 5.92 Å². The Hall–Kier alpha value is -3.07. The molecule has 0 heterocycles. The molecule has 0 aromatic heterocycles. The molecule has 8 nitrogen and oxygen atoms in total. The summed E-state index contributed by atoms with van der Waals surface area (Å²) in [5, 5.41) is 5.59. The van der Waals surface area contributed by atoms with Crippen molar-refractivity contribution in [1.29, 1.82) is 0 Å². The molecule has 0 unspecified atom stereocenters. The van der Waals surface area contributed by atoms with Gasteiger partial charge in [0.05, 0.1) is 22.0 Å². The third kappa shape index (κ3) is 5.47. The van der Waals surface area contributed by atoms with Crippen LogP contribution in [0.4, 0.5) is 17.1 Å². The summed E-state index contributed by atoms with van der Waals surface area (Å²) in [5.41, 5.74) is 6.98. The van der Waals surface area contributed by atoms with E-state index in [0.717, 1.165) is 12.8 Å². The summed E-state index contributed by atoms with van der Waals surface area (Å²) in [5.74, 6) is -0.000672. The molecular formula is C20H24N4O4S. The van der Waals surface area contributed by atoms with Crippen LogP contribution < -0.4 is 21.1 Å². The van der Waals surface area contributed by atoms with Crippen LogP contribution in [0.15, 0.2) is 53.4 Å². The van der Waals surface area contributed by atoms with Gasteiger partial charge in [0.15, 0.2) is 0 Å². The highest BCUT2D eigenvalue weighted by Crippen LogP contribution is 2.31. The summed E-state index contributed by atoms with van der Waals surface area (Å²) in [6.07, 6.45) is 1.91. The Balaban J connectivity index is 1.56. The van der Waals surface area contributed by atoms with Crippen LogP contribution in [-0.2, 0) is 19.6 Å². The van der Waals surface area contributed by atoms with Crippen molar-refractivity contribution in [2.75, 3.05) is 15.8 Å². The molecule has 2 aromatic rings. The molecule has 1 saturated carbocycles. The van der Waals surface area contributed by atoms with Gasteiger partial charge in [-0.3, -0.25) is 14.3 Å². The van der Waals surface area contributed by atoms with Crippen LogP contribution in [-0.4, -0.2) is 26.3 Å². The van der Waals surface area contributed by atoms with Gasteiger partial charge in [0.1, 0.15) is 0 Å². The lowest BCUT2D eigenvalue weighted by Crippen LogP contribution is -2.44. The predicted octanol–water partition coefficient (Wildman–Crippen LogP) is 2.31. The van der Waals surface area contributed by atoms with E-state index in [2.05, 4.69) is 15.4 Å². The van der Waals surface area contributed by atoms with Crippen molar-refractivity contribution >= 4 is 38.9 Å². The number of rotatable bonds is 7. The fraction of sp³-hybridized carbons (Fsp3) is 0.300. The third-order valence-electron chi connectivity index (χ3n) is 4.75. The van der Waals surface area contributed by atoms with Crippen molar-refractivity contribution in [3.63, 3.8) is 0 Å². The molecule has 0 radical (unpaired) electrons. The number of carbonyl (C=O) groups excluding carboxylic acids is 2. The molecule has 0 atom stereocenters. The van der Waals surface area contributed by atoms with E-state index in [9.17, 15) is 18.0 Å². The van der Waals surface area contributed by atoms with Gasteiger partial charge in [-0.05, 0) is 49.1 Å². The summed E-state index contributed by atoms with van der Waals surface area (Å²) in [4.78, 5) is 23.4. The number of anilines is 3. The summed E-state index contributed by atoms with van der Waals surface area (Å²) >= 11 is 0. The van der Waals surface area contributed by atoms with E-state index in [0.29, 0.717) is 17.8 Å². The first-order chi connectivity index (χ1) is 13.7. The molecule has 2 amide bonds. The number of nitrogens with one attached hydrogen (secondary N) is 3. The Kier molecular flexibility index (Phi) is 6.07. The Bertz CT molecular complexity index is 1000. The normalized spacial score (nSPS) is 18.4. The smallest absolute Gasteiger partial charge is 0.261 e. The first kappa shape index (κ1) is 20.7. The van der Waals surface area contributed by atoms with E-state index in [-0.39, 0.29) is 34.4 Å². The van der Waals surface area contributed by atoms with Crippen molar-refractivity contribution in [3.05, 3.63) is 48.5 Å². The highest BCUT2D eigenvalue weighted by atomic mass is 32.2. The Morgan fingerprint density at radius 2 is 1.79 bits per heavy atom. The maximum absolute atomic E-state index is 12.4. The highest BCUT2D eigenvalue weighted by molar-refractivity contribution is 7.92. The van der Waals surface area contributed by atoms with Gasteiger partial charge < -0.3 is 16.4 Å². The lowest BCUT2D eigenvalue weighted by molar-refractivity contribution is -0.120. The SMILES string of the molecule is CC(=O)N[C@H]1C[C@H](CC(=O)Nc2ccc(NS(=O)(=O)c3ccccc3)cc2N)C1. The van der Waals surface area contributed by atoms with Crippen molar-refractivity contribution in [3.8, 4) is 0 Å². The molecule has 9 heteroatoms. The lowest BCUT2D eigenvalue weighted by atomic mass is 9.78. The molecule has 0 saturated heterocycles. The van der Waals surface area contributed by atoms with Gasteiger partial charge in [0, 0.05) is 19.4 Å². The van der Waals surface area contributed by atoms with Crippen LogP contribution in [0.2, 0.25) is 0 Å². The van der Waals surface area contributed by atoms with E-state index in [1.165, 1.54) is 25.1 Å². The highest BCUT2D eigenvalue weighted by Gasteiger charge is 2.31. The largest absolute Gasteiger partial charge is 0.397 e. The van der Waals surface area contributed by atoms with Crippen molar-refractivity contribution in [2.45, 2.75) is 37.1 Å². The van der Waals surface area contributed by atoms with Crippen molar-refractivity contribution < 1.29 is 18.0 Å². The molecule has 1 aliphatic rings. The van der Waals surface area contributed by atoms with E-state index < -0.39 is 10.0 Å². The van der Waals surface area contributed by atoms with E-state index in [1.807, 2.05) is 0 Å². The van der Waals surface area contributed by atoms with Crippen molar-refractivity contribution in [1.82, 2.24) is 5.32 Å². The van der Waals surface area contributed by atoms with Crippen LogP contribution in [0.3, 0.4) is 0 Å². The topological polar surface area (TPSA) is 130 Å². The maximum atomic E-state index is 12.4. The Morgan fingerprint density at radius 1 is 1.10 bits per heavy atom. The quantitative estimate of drug-likeness (QED) is 0.515. The van der Waals surface area contributed by atoms with Crippen LogP contribution in [0.5, 0.6) is 0 Å². The zero-order valence-electron chi connectivity index (χ0n) is 16.0. The second kappa shape index (κ2) is 8.52. The zero-order valence-corrected chi connectivity index (χ0v) is 16.8. The standard InChI is InChI=1S/C20H24N4O4S/c1-13(25)22-16-9-14(10-16)11-20(26)23-19-8-7-15(12-18(19)21)24-29(27,28)17-5-3-2-4-6-17/h2-8,12,14,16,24H,9-11,21H2,1H3,(H,22,25)(H,23,26)/t14-,16-. The minimum atomic E-state index is -3.71. The fourth-order valence-electron chi connectivity index (χ4n) is 3.32. The summed E-state index contributed by atoms with van der Waals surface area (Å²) < 4.78 is 27.2. The minimum Gasteiger partial charge on any atom is -0.397 e. The van der Waals surface area contributed by atoms with E-state index in [1.54, 1.807) is 30.3 Å². The fourth-order valence-corrected chi connectivity index (χ4v) is 4.40. The second-order valence-electron chi connectivity index (χ2n) is 7.21. The lowest BCUT2D eigenvalue weighted by Gasteiger charge is -2.35. The molecule has 0 spiro atoms. The van der Waals surface area contributed by atoms with Gasteiger partial charge in [-0.2, -0.15) is 0 Å². The van der Waals surface area contributed by atoms with Gasteiger partial charge in [-0.25, -0.2) is 8.42 Å². The molecule has 1 fully saturated rings. The van der Waals surface area contributed by atoms with Gasteiger partial charge in [-0.1, -0.05) is 18.2 Å². The van der Waals surface area contributed by atoms with E-state index >= 15 is 0 Å². The number of amides is 2. The van der Waals surface area contributed by atoms with Gasteiger partial charge >= 0.3 is 0 Å². The number of hydrogen-bond donors (Lipinski definition) is 4. The molecular weight excluding hydrogens is 392 g/mol. The summed E-state index contributed by atoms with van der Waals surface area (Å²) in [6, 6.07) is 12.7. The van der Waals surface area contributed by atoms with Crippen LogP contribution in [0.1, 0.15) is 26.2 Å². The number of nitrogen functional groups attached to an aromatic ring is 1. The van der Waals surface area contributed by atoms with Gasteiger partial charge in [0.2, 0.25) is 11.8 Å². The maximum Gasteiger partial charge on any atom is 0.261 e. The first-order valence-electron chi connectivity index (χ1n) is 9.27. The number of carbonyl (C=O) groups is 2. The summed E-state index contributed by atoms with van der Waals surface area (Å²) in [7, 11) is -3.71. The van der Waals surface area contributed by atoms with Gasteiger partial charge in [-0.15, -0.1) is 0 Å².